The zero-order valence-corrected chi connectivity index (χ0v) is 18.8. The number of rotatable bonds is 8. The second-order valence-electron chi connectivity index (χ2n) is 6.01. The Morgan fingerprint density at radius 2 is 1.61 bits per heavy atom. The number of amides is 1. The van der Waals surface area contributed by atoms with Gasteiger partial charge in [-0.15, -0.1) is 11.3 Å². The van der Waals surface area contributed by atoms with Crippen LogP contribution in [-0.4, -0.2) is 41.9 Å². The van der Waals surface area contributed by atoms with Gasteiger partial charge in [0.2, 0.25) is 0 Å². The minimum atomic E-state index is -4.05. The van der Waals surface area contributed by atoms with Crippen molar-refractivity contribution in [1.82, 2.24) is 10.3 Å². The maximum atomic E-state index is 12.7. The van der Waals surface area contributed by atoms with Crippen molar-refractivity contribution in [3.05, 3.63) is 59.6 Å². The number of aromatic nitrogens is 1. The molecule has 0 fully saturated rings. The van der Waals surface area contributed by atoms with Crippen LogP contribution in [0.15, 0.2) is 63.8 Å². The van der Waals surface area contributed by atoms with Gasteiger partial charge in [-0.05, 0) is 42.5 Å². The number of sulfonamides is 2. The lowest BCUT2D eigenvalue weighted by Gasteiger charge is -2.12. The summed E-state index contributed by atoms with van der Waals surface area (Å²) in [6.45, 7) is 0. The molecule has 31 heavy (non-hydrogen) atoms. The van der Waals surface area contributed by atoms with E-state index in [1.807, 2.05) is 0 Å². The van der Waals surface area contributed by atoms with Crippen LogP contribution < -0.4 is 19.5 Å². The second kappa shape index (κ2) is 8.91. The van der Waals surface area contributed by atoms with Crippen molar-refractivity contribution in [3.63, 3.8) is 0 Å². The second-order valence-corrected chi connectivity index (χ2v) is 10.3. The molecule has 3 aromatic rings. The first-order valence-corrected chi connectivity index (χ1v) is 12.5. The molecule has 2 aromatic carbocycles. The van der Waals surface area contributed by atoms with E-state index < -0.39 is 26.0 Å². The van der Waals surface area contributed by atoms with Crippen LogP contribution in [0.5, 0.6) is 5.75 Å². The topological polar surface area (TPSA) is 144 Å². The van der Waals surface area contributed by atoms with Crippen molar-refractivity contribution in [1.29, 1.82) is 0 Å². The first-order valence-electron chi connectivity index (χ1n) is 8.61. The van der Waals surface area contributed by atoms with Crippen LogP contribution in [0, 0.1) is 0 Å². The van der Waals surface area contributed by atoms with Crippen LogP contribution in [-0.2, 0) is 20.0 Å². The molecular formula is C18H18N4O6S3. The Hall–Kier alpha value is -3.16. The van der Waals surface area contributed by atoms with Gasteiger partial charge in [0.05, 0.1) is 22.5 Å². The molecule has 164 valence electrons. The fourth-order valence-electron chi connectivity index (χ4n) is 2.53. The largest absolute Gasteiger partial charge is 0.496 e. The summed E-state index contributed by atoms with van der Waals surface area (Å²) in [6.07, 6.45) is 1.47. The van der Waals surface area contributed by atoms with Crippen molar-refractivity contribution < 1.29 is 26.4 Å². The SMILES string of the molecule is CNC(=O)c1cc(S(=O)(=O)Nc2ccc(S(=O)(=O)Nc3nccs3)cc2)ccc1OC. The number of carbonyl (C=O) groups excluding carboxylic acids is 1. The van der Waals surface area contributed by atoms with Crippen LogP contribution in [0.1, 0.15) is 10.4 Å². The van der Waals surface area contributed by atoms with E-state index in [2.05, 4.69) is 19.7 Å². The van der Waals surface area contributed by atoms with Gasteiger partial charge < -0.3 is 10.1 Å². The molecule has 3 N–H and O–H groups in total. The average Bonchev–Trinajstić information content (AvgIpc) is 3.25. The highest BCUT2D eigenvalue weighted by molar-refractivity contribution is 7.93. The Morgan fingerprint density at radius 1 is 0.968 bits per heavy atom. The van der Waals surface area contributed by atoms with E-state index in [-0.39, 0.29) is 31.9 Å². The standard InChI is InChI=1S/C18H18N4O6S3/c1-19-17(23)15-11-14(7-8-16(15)28-2)31(26,27)21-12-3-5-13(6-4-12)30(24,25)22-18-20-9-10-29-18/h3-11,21H,1-2H3,(H,19,23)(H,20,22). The number of nitrogens with one attached hydrogen (secondary N) is 3. The van der Waals surface area contributed by atoms with Crippen molar-refractivity contribution in [3.8, 4) is 5.75 Å². The van der Waals surface area contributed by atoms with Crippen molar-refractivity contribution in [2.45, 2.75) is 9.79 Å². The van der Waals surface area contributed by atoms with E-state index in [1.54, 1.807) is 5.38 Å². The van der Waals surface area contributed by atoms with Crippen LogP contribution >= 0.6 is 11.3 Å². The zero-order valence-electron chi connectivity index (χ0n) is 16.3. The van der Waals surface area contributed by atoms with Crippen molar-refractivity contribution in [2.24, 2.45) is 0 Å². The van der Waals surface area contributed by atoms with E-state index >= 15 is 0 Å². The lowest BCUT2D eigenvalue weighted by molar-refractivity contribution is 0.0960. The number of methoxy groups -OCH3 is 1. The van der Waals surface area contributed by atoms with Crippen LogP contribution in [0.2, 0.25) is 0 Å². The highest BCUT2D eigenvalue weighted by Gasteiger charge is 2.20. The molecule has 0 aliphatic carbocycles. The molecule has 0 radical (unpaired) electrons. The summed E-state index contributed by atoms with van der Waals surface area (Å²) in [5.41, 5.74) is 0.202. The minimum Gasteiger partial charge on any atom is -0.496 e. The average molecular weight is 483 g/mol. The fourth-order valence-corrected chi connectivity index (χ4v) is 5.40. The Labute approximate surface area is 183 Å². The predicted octanol–water partition coefficient (Wildman–Crippen LogP) is 2.11. The number of thiazole rings is 1. The Kier molecular flexibility index (Phi) is 6.48. The number of hydrogen-bond donors (Lipinski definition) is 3. The third-order valence-corrected chi connectivity index (χ3v) is 7.58. The number of anilines is 2. The summed E-state index contributed by atoms with van der Waals surface area (Å²) in [4.78, 5) is 15.6. The molecule has 1 amide bonds. The molecule has 0 atom stereocenters. The lowest BCUT2D eigenvalue weighted by atomic mass is 10.2. The summed E-state index contributed by atoms with van der Waals surface area (Å²) in [7, 11) is -5.13. The van der Waals surface area contributed by atoms with Gasteiger partial charge in [-0.25, -0.2) is 21.8 Å². The summed E-state index contributed by atoms with van der Waals surface area (Å²) >= 11 is 1.13. The van der Waals surface area contributed by atoms with E-state index in [4.69, 9.17) is 4.74 Å². The first-order chi connectivity index (χ1) is 14.7. The van der Waals surface area contributed by atoms with Crippen LogP contribution in [0.25, 0.3) is 0 Å². The van der Waals surface area contributed by atoms with E-state index in [0.29, 0.717) is 0 Å². The Morgan fingerprint density at radius 3 is 2.19 bits per heavy atom. The van der Waals surface area contributed by atoms with Gasteiger partial charge in [0.15, 0.2) is 5.13 Å². The van der Waals surface area contributed by atoms with Gasteiger partial charge in [0.25, 0.3) is 26.0 Å². The number of carbonyl (C=O) groups is 1. The Balaban J connectivity index is 1.83. The number of nitrogens with zero attached hydrogens (tertiary/aromatic N) is 1. The van der Waals surface area contributed by atoms with Crippen molar-refractivity contribution in [2.75, 3.05) is 23.6 Å². The summed E-state index contributed by atoms with van der Waals surface area (Å²) in [6, 6.07) is 9.02. The number of ether oxygens (including phenoxy) is 1. The molecule has 0 aliphatic rings. The minimum absolute atomic E-state index is 0.0579. The summed E-state index contributed by atoms with van der Waals surface area (Å²) < 4.78 is 60.0. The zero-order chi connectivity index (χ0) is 22.6. The van der Waals surface area contributed by atoms with E-state index in [9.17, 15) is 21.6 Å². The molecule has 0 bridgehead atoms. The molecule has 13 heteroatoms. The molecular weight excluding hydrogens is 464 g/mol. The lowest BCUT2D eigenvalue weighted by Crippen LogP contribution is -2.20. The summed E-state index contributed by atoms with van der Waals surface area (Å²) in [5.74, 6) is -0.281. The van der Waals surface area contributed by atoms with Gasteiger partial charge in [0, 0.05) is 24.3 Å². The normalized spacial score (nSPS) is 11.5. The molecule has 1 heterocycles. The van der Waals surface area contributed by atoms with Crippen LogP contribution in [0.4, 0.5) is 10.8 Å². The van der Waals surface area contributed by atoms with Crippen molar-refractivity contribution >= 4 is 48.1 Å². The van der Waals surface area contributed by atoms with Gasteiger partial charge >= 0.3 is 0 Å². The molecule has 0 aliphatic heterocycles. The third kappa shape index (κ3) is 5.13. The molecule has 0 unspecified atom stereocenters. The van der Waals surface area contributed by atoms with Gasteiger partial charge in [0.1, 0.15) is 5.75 Å². The molecule has 0 saturated heterocycles. The maximum absolute atomic E-state index is 12.7. The molecule has 3 rings (SSSR count). The third-order valence-electron chi connectivity index (χ3n) is 4.02. The maximum Gasteiger partial charge on any atom is 0.263 e. The predicted molar refractivity (Wildman–Crippen MR) is 117 cm³/mol. The van der Waals surface area contributed by atoms with Gasteiger partial charge in [-0.3, -0.25) is 14.2 Å². The fraction of sp³-hybridized carbons (Fsp3) is 0.111. The molecule has 0 spiro atoms. The molecule has 1 aromatic heterocycles. The highest BCUT2D eigenvalue weighted by Crippen LogP contribution is 2.25. The first kappa shape index (κ1) is 22.5. The summed E-state index contributed by atoms with van der Waals surface area (Å²) in [5, 5.41) is 4.27. The van der Waals surface area contributed by atoms with E-state index in [0.717, 1.165) is 11.3 Å². The molecule has 0 saturated carbocycles. The van der Waals surface area contributed by atoms with Crippen LogP contribution in [0.3, 0.4) is 0 Å². The highest BCUT2D eigenvalue weighted by atomic mass is 32.2. The quantitative estimate of drug-likeness (QED) is 0.446. The Bertz CT molecular complexity index is 1290. The van der Waals surface area contributed by atoms with E-state index in [1.165, 1.54) is 62.8 Å². The smallest absolute Gasteiger partial charge is 0.263 e. The monoisotopic (exact) mass is 482 g/mol. The number of benzene rings is 2. The van der Waals surface area contributed by atoms with Gasteiger partial charge in [-0.1, -0.05) is 0 Å². The number of hydrogen-bond acceptors (Lipinski definition) is 8. The molecule has 10 nitrogen and oxygen atoms in total. The van der Waals surface area contributed by atoms with Gasteiger partial charge in [-0.2, -0.15) is 0 Å².